The fraction of sp³-hybridized carbons (Fsp3) is 0.286. The fourth-order valence-corrected chi connectivity index (χ4v) is 2.01. The summed E-state index contributed by atoms with van der Waals surface area (Å²) in [5.74, 6) is 0.335. The van der Waals surface area contributed by atoms with Crippen molar-refractivity contribution < 1.29 is 17.9 Å². The largest absolute Gasteiger partial charge is 0.573 e. The van der Waals surface area contributed by atoms with Crippen molar-refractivity contribution in [1.29, 1.82) is 0 Å². The highest BCUT2D eigenvalue weighted by atomic mass is 19.4. The Morgan fingerprint density at radius 3 is 2.62 bits per heavy atom. The Bertz CT molecular complexity index is 616. The second-order valence-corrected chi connectivity index (χ2v) is 4.37. The molecule has 0 aliphatic carbocycles. The maximum absolute atomic E-state index is 12.3. The third kappa shape index (κ3) is 4.16. The van der Waals surface area contributed by atoms with E-state index in [0.29, 0.717) is 17.1 Å². The average Bonchev–Trinajstić information content (AvgIpc) is 2.38. The minimum absolute atomic E-state index is 0.258. The standard InChI is InChI=1S/C14H14F3N3O/c1-9-19-7-6-12(20-9)13(18-2)10-4-3-5-11(8-10)21-14(15,16)17/h3-8,13,18H,1-2H3. The number of hydrogen-bond acceptors (Lipinski definition) is 4. The van der Waals surface area contributed by atoms with E-state index in [0.717, 1.165) is 0 Å². The smallest absolute Gasteiger partial charge is 0.406 e. The molecule has 0 spiro atoms. The molecule has 21 heavy (non-hydrogen) atoms. The first-order valence-corrected chi connectivity index (χ1v) is 6.21. The van der Waals surface area contributed by atoms with E-state index >= 15 is 0 Å². The molecule has 1 atom stereocenters. The third-order valence-corrected chi connectivity index (χ3v) is 2.81. The lowest BCUT2D eigenvalue weighted by Gasteiger charge is -2.17. The Labute approximate surface area is 120 Å². The second kappa shape index (κ2) is 6.09. The highest BCUT2D eigenvalue weighted by molar-refractivity contribution is 5.34. The zero-order valence-corrected chi connectivity index (χ0v) is 11.5. The predicted molar refractivity (Wildman–Crippen MR) is 70.8 cm³/mol. The number of nitrogens with zero attached hydrogens (tertiary/aromatic N) is 2. The maximum atomic E-state index is 12.3. The van der Waals surface area contributed by atoms with Crippen molar-refractivity contribution in [1.82, 2.24) is 15.3 Å². The van der Waals surface area contributed by atoms with Crippen LogP contribution in [-0.2, 0) is 0 Å². The van der Waals surface area contributed by atoms with Gasteiger partial charge in [0.05, 0.1) is 11.7 Å². The lowest BCUT2D eigenvalue weighted by molar-refractivity contribution is -0.274. The summed E-state index contributed by atoms with van der Waals surface area (Å²) in [6.07, 6.45) is -3.10. The summed E-state index contributed by atoms with van der Waals surface area (Å²) in [5.41, 5.74) is 1.30. The van der Waals surface area contributed by atoms with Crippen LogP contribution in [0.2, 0.25) is 0 Å². The number of hydrogen-bond donors (Lipinski definition) is 1. The second-order valence-electron chi connectivity index (χ2n) is 4.37. The molecule has 2 rings (SSSR count). The molecule has 0 aliphatic rings. The van der Waals surface area contributed by atoms with E-state index in [9.17, 15) is 13.2 Å². The van der Waals surface area contributed by atoms with Gasteiger partial charge in [-0.3, -0.25) is 0 Å². The van der Waals surface area contributed by atoms with Gasteiger partial charge in [-0.1, -0.05) is 12.1 Å². The van der Waals surface area contributed by atoms with Crippen molar-refractivity contribution in [3.8, 4) is 5.75 Å². The lowest BCUT2D eigenvalue weighted by Crippen LogP contribution is -2.20. The number of benzene rings is 1. The van der Waals surface area contributed by atoms with Crippen molar-refractivity contribution in [2.45, 2.75) is 19.3 Å². The van der Waals surface area contributed by atoms with Gasteiger partial charge in [-0.2, -0.15) is 0 Å². The molecule has 0 fully saturated rings. The molecule has 7 heteroatoms. The van der Waals surface area contributed by atoms with E-state index in [-0.39, 0.29) is 11.8 Å². The number of rotatable bonds is 4. The molecule has 1 N–H and O–H groups in total. The normalized spacial score (nSPS) is 13.0. The molecule has 0 bridgehead atoms. The minimum Gasteiger partial charge on any atom is -0.406 e. The van der Waals surface area contributed by atoms with Gasteiger partial charge in [0.15, 0.2) is 0 Å². The number of nitrogens with one attached hydrogen (secondary N) is 1. The number of ether oxygens (including phenoxy) is 1. The number of alkyl halides is 3. The van der Waals surface area contributed by atoms with E-state index < -0.39 is 6.36 Å². The lowest BCUT2D eigenvalue weighted by atomic mass is 10.0. The Hall–Kier alpha value is -2.15. The molecule has 0 saturated heterocycles. The highest BCUT2D eigenvalue weighted by Crippen LogP contribution is 2.27. The van der Waals surface area contributed by atoms with E-state index in [1.54, 1.807) is 32.3 Å². The first kappa shape index (κ1) is 15.2. The minimum atomic E-state index is -4.71. The van der Waals surface area contributed by atoms with Gasteiger partial charge < -0.3 is 10.1 Å². The molecule has 1 aromatic carbocycles. The molecular formula is C14H14F3N3O. The SMILES string of the molecule is CNC(c1cccc(OC(F)(F)F)c1)c1ccnc(C)n1. The van der Waals surface area contributed by atoms with Gasteiger partial charge in [0.25, 0.3) is 0 Å². The first-order chi connectivity index (χ1) is 9.89. The molecule has 1 heterocycles. The summed E-state index contributed by atoms with van der Waals surface area (Å²) in [5, 5.41) is 3.02. The predicted octanol–water partition coefficient (Wildman–Crippen LogP) is 2.99. The molecule has 0 radical (unpaired) electrons. The van der Waals surface area contributed by atoms with Crippen LogP contribution >= 0.6 is 0 Å². The molecule has 112 valence electrons. The van der Waals surface area contributed by atoms with Gasteiger partial charge in [-0.15, -0.1) is 13.2 Å². The van der Waals surface area contributed by atoms with Crippen LogP contribution in [-0.4, -0.2) is 23.4 Å². The van der Waals surface area contributed by atoms with Crippen LogP contribution in [0.25, 0.3) is 0 Å². The molecule has 1 aromatic heterocycles. The van der Waals surface area contributed by atoms with Crippen LogP contribution in [0, 0.1) is 6.92 Å². The van der Waals surface area contributed by atoms with Crippen LogP contribution in [0.4, 0.5) is 13.2 Å². The quantitative estimate of drug-likeness (QED) is 0.942. The van der Waals surface area contributed by atoms with Crippen LogP contribution < -0.4 is 10.1 Å². The first-order valence-electron chi connectivity index (χ1n) is 6.21. The molecule has 1 unspecified atom stereocenters. The fourth-order valence-electron chi connectivity index (χ4n) is 2.01. The van der Waals surface area contributed by atoms with Gasteiger partial charge in [0.2, 0.25) is 0 Å². The zero-order chi connectivity index (χ0) is 15.5. The Kier molecular flexibility index (Phi) is 4.42. The van der Waals surface area contributed by atoms with E-state index in [4.69, 9.17) is 0 Å². The maximum Gasteiger partial charge on any atom is 0.573 e. The monoisotopic (exact) mass is 297 g/mol. The van der Waals surface area contributed by atoms with Gasteiger partial charge in [-0.05, 0) is 37.7 Å². The zero-order valence-electron chi connectivity index (χ0n) is 11.5. The van der Waals surface area contributed by atoms with Crippen molar-refractivity contribution >= 4 is 0 Å². The van der Waals surface area contributed by atoms with Crippen molar-refractivity contribution in [2.24, 2.45) is 0 Å². The Morgan fingerprint density at radius 2 is 2.00 bits per heavy atom. The summed E-state index contributed by atoms with van der Waals surface area (Å²) in [6, 6.07) is 7.19. The van der Waals surface area contributed by atoms with Gasteiger partial charge in [0.1, 0.15) is 11.6 Å². The van der Waals surface area contributed by atoms with Crippen LogP contribution in [0.15, 0.2) is 36.5 Å². The van der Waals surface area contributed by atoms with Gasteiger partial charge >= 0.3 is 6.36 Å². The van der Waals surface area contributed by atoms with Gasteiger partial charge in [0, 0.05) is 6.20 Å². The summed E-state index contributed by atoms with van der Waals surface area (Å²) in [6.45, 7) is 1.75. The summed E-state index contributed by atoms with van der Waals surface area (Å²) >= 11 is 0. The molecule has 0 saturated carbocycles. The average molecular weight is 297 g/mol. The molecule has 4 nitrogen and oxygen atoms in total. The Balaban J connectivity index is 2.32. The molecule has 0 aliphatic heterocycles. The molecular weight excluding hydrogens is 283 g/mol. The summed E-state index contributed by atoms with van der Waals surface area (Å²) in [7, 11) is 1.71. The molecule has 2 aromatic rings. The van der Waals surface area contributed by atoms with E-state index in [2.05, 4.69) is 20.0 Å². The number of aromatic nitrogens is 2. The van der Waals surface area contributed by atoms with E-state index in [1.807, 2.05) is 0 Å². The highest BCUT2D eigenvalue weighted by Gasteiger charge is 2.31. The number of halogens is 3. The summed E-state index contributed by atoms with van der Waals surface area (Å²) < 4.78 is 40.8. The van der Waals surface area contributed by atoms with Gasteiger partial charge in [-0.25, -0.2) is 9.97 Å². The third-order valence-electron chi connectivity index (χ3n) is 2.81. The van der Waals surface area contributed by atoms with Crippen molar-refractivity contribution in [2.75, 3.05) is 7.05 Å². The topological polar surface area (TPSA) is 47.0 Å². The van der Waals surface area contributed by atoms with Crippen molar-refractivity contribution in [3.63, 3.8) is 0 Å². The van der Waals surface area contributed by atoms with Crippen molar-refractivity contribution in [3.05, 3.63) is 53.6 Å². The Morgan fingerprint density at radius 1 is 1.24 bits per heavy atom. The number of aryl methyl sites for hydroxylation is 1. The summed E-state index contributed by atoms with van der Waals surface area (Å²) in [4.78, 5) is 8.29. The van der Waals surface area contributed by atoms with Crippen LogP contribution in [0.3, 0.4) is 0 Å². The molecule has 0 amide bonds. The van der Waals surface area contributed by atoms with E-state index in [1.165, 1.54) is 18.2 Å². The van der Waals surface area contributed by atoms with Crippen LogP contribution in [0.1, 0.15) is 23.1 Å². The van der Waals surface area contributed by atoms with Crippen LogP contribution in [0.5, 0.6) is 5.75 Å².